The predicted octanol–water partition coefficient (Wildman–Crippen LogP) is 3.17. The highest BCUT2D eigenvalue weighted by Crippen LogP contribution is 2.40. The molecule has 1 aliphatic heterocycles. The molecule has 2 N–H and O–H groups in total. The summed E-state index contributed by atoms with van der Waals surface area (Å²) in [5, 5.41) is 19.3. The molecule has 0 saturated carbocycles. The second kappa shape index (κ2) is 5.61. The monoisotopic (exact) mass is 308 g/mol. The highest BCUT2D eigenvalue weighted by atomic mass is 35.5. The SMILES string of the molecule is CC1=C(C(=O)O)C(c2ccc(Cl)cc2)C(C(=O)O)=C(C)O1. The number of carboxylic acid groups (broad SMARTS) is 2. The largest absolute Gasteiger partial charge is 0.478 e. The van der Waals surface area contributed by atoms with E-state index in [1.165, 1.54) is 13.8 Å². The van der Waals surface area contributed by atoms with Gasteiger partial charge < -0.3 is 14.9 Å². The van der Waals surface area contributed by atoms with E-state index in [1.807, 2.05) is 0 Å². The highest BCUT2D eigenvalue weighted by molar-refractivity contribution is 6.30. The first-order valence-corrected chi connectivity index (χ1v) is 6.52. The van der Waals surface area contributed by atoms with Gasteiger partial charge in [-0.1, -0.05) is 23.7 Å². The van der Waals surface area contributed by atoms with E-state index in [4.69, 9.17) is 16.3 Å². The van der Waals surface area contributed by atoms with Crippen LogP contribution in [0.2, 0.25) is 5.02 Å². The molecule has 1 aromatic rings. The van der Waals surface area contributed by atoms with Crippen molar-refractivity contribution >= 4 is 23.5 Å². The van der Waals surface area contributed by atoms with Gasteiger partial charge >= 0.3 is 11.9 Å². The minimum absolute atomic E-state index is 0.0830. The van der Waals surface area contributed by atoms with Crippen molar-refractivity contribution in [2.24, 2.45) is 0 Å². The van der Waals surface area contributed by atoms with Gasteiger partial charge in [0.05, 0.1) is 17.1 Å². The quantitative estimate of drug-likeness (QED) is 0.896. The number of hydrogen-bond acceptors (Lipinski definition) is 3. The Kier molecular flexibility index (Phi) is 4.04. The van der Waals surface area contributed by atoms with Crippen LogP contribution < -0.4 is 0 Å². The molecule has 1 heterocycles. The standard InChI is InChI=1S/C15H13ClO5/c1-7-11(14(17)18)13(9-3-5-10(16)6-4-9)12(15(19)20)8(2)21-7/h3-6,13H,1-2H3,(H,17,18)(H,19,20). The maximum atomic E-state index is 11.5. The van der Waals surface area contributed by atoms with Crippen LogP contribution in [0.25, 0.3) is 0 Å². The Morgan fingerprint density at radius 2 is 1.43 bits per heavy atom. The van der Waals surface area contributed by atoms with E-state index in [9.17, 15) is 19.8 Å². The van der Waals surface area contributed by atoms with Gasteiger partial charge in [-0.05, 0) is 31.5 Å². The van der Waals surface area contributed by atoms with Crippen LogP contribution in [0.1, 0.15) is 25.3 Å². The minimum Gasteiger partial charge on any atom is -0.478 e. The predicted molar refractivity (Wildman–Crippen MR) is 75.9 cm³/mol. The molecule has 0 radical (unpaired) electrons. The zero-order chi connectivity index (χ0) is 15.7. The summed E-state index contributed by atoms with van der Waals surface area (Å²) < 4.78 is 5.28. The van der Waals surface area contributed by atoms with Crippen molar-refractivity contribution in [2.75, 3.05) is 0 Å². The number of aliphatic carboxylic acids is 2. The zero-order valence-corrected chi connectivity index (χ0v) is 12.1. The number of halogens is 1. The lowest BCUT2D eigenvalue weighted by atomic mass is 9.82. The lowest BCUT2D eigenvalue weighted by Crippen LogP contribution is -2.25. The Bertz CT molecular complexity index is 634. The molecule has 0 spiro atoms. The van der Waals surface area contributed by atoms with Crippen LogP contribution in [0.3, 0.4) is 0 Å². The van der Waals surface area contributed by atoms with Crippen molar-refractivity contribution in [3.8, 4) is 0 Å². The van der Waals surface area contributed by atoms with Crippen molar-refractivity contribution in [2.45, 2.75) is 19.8 Å². The van der Waals surface area contributed by atoms with E-state index in [1.54, 1.807) is 24.3 Å². The topological polar surface area (TPSA) is 83.8 Å². The minimum atomic E-state index is -1.21. The molecule has 6 heteroatoms. The first kappa shape index (κ1) is 15.1. The molecule has 21 heavy (non-hydrogen) atoms. The Labute approximate surface area is 126 Å². The van der Waals surface area contributed by atoms with Gasteiger partial charge in [0, 0.05) is 5.02 Å². The summed E-state index contributed by atoms with van der Waals surface area (Å²) in [6.45, 7) is 3.02. The first-order valence-electron chi connectivity index (χ1n) is 6.14. The third-order valence-corrected chi connectivity index (χ3v) is 3.56. The van der Waals surface area contributed by atoms with Gasteiger partial charge in [-0.25, -0.2) is 9.59 Å². The maximum Gasteiger partial charge on any atom is 0.335 e. The Morgan fingerprint density at radius 1 is 1.00 bits per heavy atom. The van der Waals surface area contributed by atoms with E-state index in [2.05, 4.69) is 0 Å². The Balaban J connectivity index is 2.67. The van der Waals surface area contributed by atoms with Gasteiger partial charge in [0.15, 0.2) is 0 Å². The number of benzene rings is 1. The van der Waals surface area contributed by atoms with Crippen LogP contribution in [-0.2, 0) is 14.3 Å². The van der Waals surface area contributed by atoms with Crippen LogP contribution in [0.5, 0.6) is 0 Å². The van der Waals surface area contributed by atoms with Gasteiger partial charge in [0.1, 0.15) is 11.5 Å². The lowest BCUT2D eigenvalue weighted by molar-refractivity contribution is -0.134. The number of hydrogen-bond donors (Lipinski definition) is 2. The molecule has 1 aromatic carbocycles. The Hall–Kier alpha value is -2.27. The van der Waals surface area contributed by atoms with Crippen molar-refractivity contribution in [1.29, 1.82) is 0 Å². The fraction of sp³-hybridized carbons (Fsp3) is 0.200. The lowest BCUT2D eigenvalue weighted by Gasteiger charge is -2.27. The average molecular weight is 309 g/mol. The van der Waals surface area contributed by atoms with E-state index < -0.39 is 17.9 Å². The molecule has 0 fully saturated rings. The number of allylic oxidation sites excluding steroid dienone is 2. The number of carboxylic acids is 2. The zero-order valence-electron chi connectivity index (χ0n) is 11.4. The van der Waals surface area contributed by atoms with Gasteiger partial charge in [-0.2, -0.15) is 0 Å². The van der Waals surface area contributed by atoms with Crippen LogP contribution >= 0.6 is 11.6 Å². The van der Waals surface area contributed by atoms with Gasteiger partial charge in [0.25, 0.3) is 0 Å². The third kappa shape index (κ3) is 2.78. The highest BCUT2D eigenvalue weighted by Gasteiger charge is 2.37. The van der Waals surface area contributed by atoms with Crippen LogP contribution in [0, 0.1) is 0 Å². The average Bonchev–Trinajstić information content (AvgIpc) is 2.37. The smallest absolute Gasteiger partial charge is 0.335 e. The third-order valence-electron chi connectivity index (χ3n) is 3.31. The van der Waals surface area contributed by atoms with Crippen molar-refractivity contribution in [3.05, 3.63) is 57.5 Å². The molecule has 0 amide bonds. The molecule has 0 atom stereocenters. The van der Waals surface area contributed by atoms with Gasteiger partial charge in [0.2, 0.25) is 0 Å². The van der Waals surface area contributed by atoms with Gasteiger partial charge in [-0.3, -0.25) is 0 Å². The fourth-order valence-electron chi connectivity index (χ4n) is 2.43. The van der Waals surface area contributed by atoms with E-state index in [0.29, 0.717) is 10.6 Å². The molecule has 2 rings (SSSR count). The molecule has 0 bridgehead atoms. The fourth-order valence-corrected chi connectivity index (χ4v) is 2.55. The number of ether oxygens (including phenoxy) is 1. The van der Waals surface area contributed by atoms with E-state index in [0.717, 1.165) is 0 Å². The summed E-state index contributed by atoms with van der Waals surface area (Å²) in [6, 6.07) is 6.42. The van der Waals surface area contributed by atoms with E-state index in [-0.39, 0.29) is 22.7 Å². The summed E-state index contributed by atoms with van der Waals surface area (Å²) >= 11 is 5.82. The summed E-state index contributed by atoms with van der Waals surface area (Å²) in [7, 11) is 0. The van der Waals surface area contributed by atoms with Crippen molar-refractivity contribution in [3.63, 3.8) is 0 Å². The second-order valence-electron chi connectivity index (χ2n) is 4.64. The molecule has 5 nitrogen and oxygen atoms in total. The van der Waals surface area contributed by atoms with Crippen LogP contribution in [0.15, 0.2) is 46.9 Å². The normalized spacial score (nSPS) is 16.0. The molecule has 110 valence electrons. The van der Waals surface area contributed by atoms with Crippen molar-refractivity contribution < 1.29 is 24.5 Å². The summed E-state index contributed by atoms with van der Waals surface area (Å²) in [5.74, 6) is -2.95. The van der Waals surface area contributed by atoms with Crippen molar-refractivity contribution in [1.82, 2.24) is 0 Å². The van der Waals surface area contributed by atoms with E-state index >= 15 is 0 Å². The maximum absolute atomic E-state index is 11.5. The Morgan fingerprint density at radius 3 is 1.81 bits per heavy atom. The number of rotatable bonds is 3. The van der Waals surface area contributed by atoms with Gasteiger partial charge in [-0.15, -0.1) is 0 Å². The summed E-state index contributed by atoms with van der Waals surface area (Å²) in [6.07, 6.45) is 0. The second-order valence-corrected chi connectivity index (χ2v) is 5.07. The molecule has 1 aliphatic rings. The molecule has 0 aliphatic carbocycles. The first-order chi connectivity index (χ1) is 9.82. The summed E-state index contributed by atoms with van der Waals surface area (Å²) in [4.78, 5) is 23.0. The summed E-state index contributed by atoms with van der Waals surface area (Å²) in [5.41, 5.74) is 0.372. The molecule has 0 unspecified atom stereocenters. The van der Waals surface area contributed by atoms with Crippen LogP contribution in [-0.4, -0.2) is 22.2 Å². The van der Waals surface area contributed by atoms with Crippen LogP contribution in [0.4, 0.5) is 0 Å². The molecular formula is C15H13ClO5. The number of carbonyl (C=O) groups is 2. The molecule has 0 saturated heterocycles. The molecular weight excluding hydrogens is 296 g/mol. The molecule has 0 aromatic heterocycles.